The van der Waals surface area contributed by atoms with E-state index >= 15 is 0 Å². The first-order valence-electron chi connectivity index (χ1n) is 7.09. The van der Waals surface area contributed by atoms with Crippen molar-refractivity contribution in [3.8, 4) is 5.75 Å². The molecule has 96 valence electrons. The highest BCUT2D eigenvalue weighted by atomic mass is 79.9. The Balaban J connectivity index is 1.73. The molecule has 2 heteroatoms. The van der Waals surface area contributed by atoms with Crippen LogP contribution in [0.1, 0.15) is 37.2 Å². The van der Waals surface area contributed by atoms with Gasteiger partial charge in [0.2, 0.25) is 0 Å². The van der Waals surface area contributed by atoms with Crippen LogP contribution in [0.2, 0.25) is 0 Å². The molecule has 5 atom stereocenters. The van der Waals surface area contributed by atoms with Crippen molar-refractivity contribution in [2.45, 2.75) is 31.6 Å². The van der Waals surface area contributed by atoms with E-state index in [1.165, 1.54) is 31.2 Å². The topological polar surface area (TPSA) is 9.23 Å². The Kier molecular flexibility index (Phi) is 2.52. The smallest absolute Gasteiger partial charge is 0.120 e. The Morgan fingerprint density at radius 3 is 2.67 bits per heavy atom. The molecule has 0 aliphatic heterocycles. The summed E-state index contributed by atoms with van der Waals surface area (Å²) < 4.78 is 6.59. The number of benzene rings is 1. The van der Waals surface area contributed by atoms with Crippen molar-refractivity contribution in [2.24, 2.45) is 23.7 Å². The molecule has 1 aromatic rings. The van der Waals surface area contributed by atoms with Crippen LogP contribution in [0.3, 0.4) is 0 Å². The predicted octanol–water partition coefficient (Wildman–Crippen LogP) is 4.61. The Morgan fingerprint density at radius 2 is 1.89 bits per heavy atom. The first-order chi connectivity index (χ1) is 8.74. The number of halogens is 1. The lowest BCUT2D eigenvalue weighted by Gasteiger charge is -2.32. The molecule has 0 saturated heterocycles. The Morgan fingerprint density at radius 1 is 1.06 bits per heavy atom. The highest BCUT2D eigenvalue weighted by Crippen LogP contribution is 2.64. The fourth-order valence-corrected chi connectivity index (χ4v) is 5.64. The van der Waals surface area contributed by atoms with E-state index in [9.17, 15) is 0 Å². The largest absolute Gasteiger partial charge is 0.497 e. The van der Waals surface area contributed by atoms with Crippen molar-refractivity contribution in [2.75, 3.05) is 7.11 Å². The summed E-state index contributed by atoms with van der Waals surface area (Å²) in [7, 11) is 1.76. The van der Waals surface area contributed by atoms with E-state index in [2.05, 4.69) is 34.1 Å². The number of ether oxygens (including phenoxy) is 1. The van der Waals surface area contributed by atoms with Gasteiger partial charge in [0.25, 0.3) is 0 Å². The number of hydrogen-bond donors (Lipinski definition) is 0. The fourth-order valence-electron chi connectivity index (χ4n) is 5.15. The van der Waals surface area contributed by atoms with Crippen LogP contribution in [0, 0.1) is 23.7 Å². The number of methoxy groups -OCH3 is 1. The van der Waals surface area contributed by atoms with Gasteiger partial charge in [-0.25, -0.2) is 0 Å². The molecule has 4 saturated carbocycles. The van der Waals surface area contributed by atoms with Crippen molar-refractivity contribution >= 4 is 15.9 Å². The van der Waals surface area contributed by atoms with Crippen LogP contribution in [-0.2, 0) is 0 Å². The molecule has 5 unspecified atom stereocenters. The first kappa shape index (κ1) is 11.3. The second-order valence-electron chi connectivity index (χ2n) is 6.44. The molecule has 0 spiro atoms. The summed E-state index contributed by atoms with van der Waals surface area (Å²) in [6.07, 6.45) is 5.97. The third-order valence-corrected chi connectivity index (χ3v) is 6.03. The van der Waals surface area contributed by atoms with Crippen molar-refractivity contribution in [1.82, 2.24) is 0 Å². The van der Waals surface area contributed by atoms with Crippen LogP contribution in [0.5, 0.6) is 5.75 Å². The molecule has 4 fully saturated rings. The van der Waals surface area contributed by atoms with E-state index in [1.807, 2.05) is 0 Å². The maximum Gasteiger partial charge on any atom is 0.120 e. The van der Waals surface area contributed by atoms with E-state index in [4.69, 9.17) is 4.74 Å². The molecule has 5 rings (SSSR count). The summed E-state index contributed by atoms with van der Waals surface area (Å²) in [5.74, 6) is 5.81. The molecule has 4 aliphatic rings. The summed E-state index contributed by atoms with van der Waals surface area (Å²) in [6, 6.07) is 6.65. The summed E-state index contributed by atoms with van der Waals surface area (Å²) in [4.78, 5) is 0. The van der Waals surface area contributed by atoms with Crippen LogP contribution in [0.25, 0.3) is 0 Å². The normalized spacial score (nSPS) is 40.4. The fraction of sp³-hybridized carbons (Fsp3) is 0.625. The molecule has 1 nitrogen and oxygen atoms in total. The quantitative estimate of drug-likeness (QED) is 0.775. The Labute approximate surface area is 117 Å². The van der Waals surface area contributed by atoms with Gasteiger partial charge in [-0.2, -0.15) is 0 Å². The van der Waals surface area contributed by atoms with Gasteiger partial charge in [0.05, 0.1) is 7.11 Å². The minimum absolute atomic E-state index is 0.806. The van der Waals surface area contributed by atoms with E-state index in [0.29, 0.717) is 0 Å². The van der Waals surface area contributed by atoms with Crippen LogP contribution in [0.4, 0.5) is 0 Å². The first-order valence-corrected chi connectivity index (χ1v) is 7.88. The molecule has 1 aromatic carbocycles. The van der Waals surface area contributed by atoms with E-state index in [0.717, 1.165) is 39.8 Å². The van der Waals surface area contributed by atoms with Gasteiger partial charge >= 0.3 is 0 Å². The maximum atomic E-state index is 5.42. The van der Waals surface area contributed by atoms with Gasteiger partial charge in [0, 0.05) is 4.47 Å². The van der Waals surface area contributed by atoms with Crippen molar-refractivity contribution in [1.29, 1.82) is 0 Å². The average molecular weight is 307 g/mol. The van der Waals surface area contributed by atoms with E-state index < -0.39 is 0 Å². The highest BCUT2D eigenvalue weighted by molar-refractivity contribution is 9.10. The van der Waals surface area contributed by atoms with Crippen LogP contribution in [-0.4, -0.2) is 7.11 Å². The Bertz CT molecular complexity index is 480. The predicted molar refractivity (Wildman–Crippen MR) is 75.9 cm³/mol. The third kappa shape index (κ3) is 1.57. The van der Waals surface area contributed by atoms with E-state index in [-0.39, 0.29) is 0 Å². The maximum absolute atomic E-state index is 5.42. The molecule has 0 heterocycles. The van der Waals surface area contributed by atoms with Gasteiger partial charge in [0.15, 0.2) is 0 Å². The van der Waals surface area contributed by atoms with Gasteiger partial charge in [-0.1, -0.05) is 15.9 Å². The summed E-state index contributed by atoms with van der Waals surface area (Å²) in [5.41, 5.74) is 1.51. The summed E-state index contributed by atoms with van der Waals surface area (Å²) >= 11 is 3.63. The molecule has 0 amide bonds. The third-order valence-electron chi connectivity index (χ3n) is 5.57. The molecule has 0 aromatic heterocycles. The van der Waals surface area contributed by atoms with Crippen molar-refractivity contribution < 1.29 is 4.74 Å². The molecular weight excluding hydrogens is 288 g/mol. The standard InChI is InChI=1S/C16H19BrO/c1-18-14-7-12(6-13(17)8-14)16-11-3-9-2-10(5-11)15(16)4-9/h6-11,15-16H,2-5H2,1H3. The van der Waals surface area contributed by atoms with Crippen molar-refractivity contribution in [3.63, 3.8) is 0 Å². The second kappa shape index (κ2) is 4.00. The van der Waals surface area contributed by atoms with Gasteiger partial charge in [0.1, 0.15) is 5.75 Å². The lowest BCUT2D eigenvalue weighted by atomic mass is 9.72. The minimum atomic E-state index is 0.806. The molecule has 4 bridgehead atoms. The summed E-state index contributed by atoms with van der Waals surface area (Å²) in [6.45, 7) is 0. The molecule has 4 aliphatic carbocycles. The van der Waals surface area contributed by atoms with E-state index in [1.54, 1.807) is 7.11 Å². The molecule has 0 radical (unpaired) electrons. The number of rotatable bonds is 2. The summed E-state index contributed by atoms with van der Waals surface area (Å²) in [5, 5.41) is 0. The lowest BCUT2D eigenvalue weighted by molar-refractivity contribution is 0.248. The second-order valence-corrected chi connectivity index (χ2v) is 7.36. The van der Waals surface area contributed by atoms with Crippen LogP contribution < -0.4 is 4.74 Å². The number of hydrogen-bond acceptors (Lipinski definition) is 1. The molecular formula is C16H19BrO. The van der Waals surface area contributed by atoms with Gasteiger partial charge < -0.3 is 4.74 Å². The van der Waals surface area contributed by atoms with Gasteiger partial charge in [-0.15, -0.1) is 0 Å². The zero-order chi connectivity index (χ0) is 12.3. The molecule has 0 N–H and O–H groups in total. The zero-order valence-corrected chi connectivity index (χ0v) is 12.3. The van der Waals surface area contributed by atoms with Crippen LogP contribution in [0.15, 0.2) is 22.7 Å². The highest BCUT2D eigenvalue weighted by Gasteiger charge is 2.53. The molecule has 18 heavy (non-hydrogen) atoms. The van der Waals surface area contributed by atoms with Gasteiger partial charge in [-0.3, -0.25) is 0 Å². The lowest BCUT2D eigenvalue weighted by Crippen LogP contribution is -2.21. The zero-order valence-electron chi connectivity index (χ0n) is 10.7. The Hall–Kier alpha value is -0.500. The monoisotopic (exact) mass is 306 g/mol. The SMILES string of the molecule is COc1cc(Br)cc(C2C3CC4CC(C3)C2C4)c1. The average Bonchev–Trinajstić information content (AvgIpc) is 2.76. The van der Waals surface area contributed by atoms with Gasteiger partial charge in [-0.05, 0) is 79.0 Å². The minimum Gasteiger partial charge on any atom is -0.497 e. The van der Waals surface area contributed by atoms with Crippen molar-refractivity contribution in [3.05, 3.63) is 28.2 Å². The van der Waals surface area contributed by atoms with Crippen LogP contribution >= 0.6 is 15.9 Å².